The molecule has 3 N–H and O–H groups in total. The zero-order valence-electron chi connectivity index (χ0n) is 8.31. The van der Waals surface area contributed by atoms with Crippen molar-refractivity contribution in [3.05, 3.63) is 0 Å². The molecule has 1 saturated carbocycles. The van der Waals surface area contributed by atoms with Gasteiger partial charge in [0, 0.05) is 12.3 Å². The van der Waals surface area contributed by atoms with E-state index in [0.29, 0.717) is 18.2 Å². The highest BCUT2D eigenvalue weighted by Gasteiger charge is 2.53. The molecule has 0 aromatic carbocycles. The SMILES string of the molecule is NCC1(C(=O)N2CSC[C@H]2C(=O)O)CC1. The molecule has 1 heterocycles. The van der Waals surface area contributed by atoms with E-state index in [1.54, 1.807) is 0 Å². The molecule has 1 saturated heterocycles. The Morgan fingerprint density at radius 2 is 2.20 bits per heavy atom. The molecule has 1 amide bonds. The first-order chi connectivity index (χ1) is 7.10. The summed E-state index contributed by atoms with van der Waals surface area (Å²) < 4.78 is 0. The lowest BCUT2D eigenvalue weighted by atomic mass is 10.1. The summed E-state index contributed by atoms with van der Waals surface area (Å²) in [5.74, 6) is -0.0113. The van der Waals surface area contributed by atoms with Crippen molar-refractivity contribution in [3.8, 4) is 0 Å². The third-order valence-electron chi connectivity index (χ3n) is 3.13. The minimum Gasteiger partial charge on any atom is -0.480 e. The van der Waals surface area contributed by atoms with Gasteiger partial charge in [-0.3, -0.25) is 4.79 Å². The van der Waals surface area contributed by atoms with Crippen molar-refractivity contribution in [3.63, 3.8) is 0 Å². The summed E-state index contributed by atoms with van der Waals surface area (Å²) in [4.78, 5) is 24.4. The van der Waals surface area contributed by atoms with Gasteiger partial charge in [0.25, 0.3) is 0 Å². The van der Waals surface area contributed by atoms with Gasteiger partial charge in [0.1, 0.15) is 6.04 Å². The fraction of sp³-hybridized carbons (Fsp3) is 0.778. The fourth-order valence-corrected chi connectivity index (χ4v) is 2.95. The molecule has 84 valence electrons. The van der Waals surface area contributed by atoms with Crippen LogP contribution in [0.4, 0.5) is 0 Å². The molecule has 0 radical (unpaired) electrons. The molecule has 1 aliphatic heterocycles. The van der Waals surface area contributed by atoms with Crippen molar-refractivity contribution in [1.82, 2.24) is 4.90 Å². The second-order valence-corrected chi connectivity index (χ2v) is 5.11. The van der Waals surface area contributed by atoms with E-state index in [1.807, 2.05) is 0 Å². The van der Waals surface area contributed by atoms with Gasteiger partial charge in [0.15, 0.2) is 0 Å². The van der Waals surface area contributed by atoms with Crippen LogP contribution in [0, 0.1) is 5.41 Å². The molecule has 1 atom stereocenters. The van der Waals surface area contributed by atoms with Gasteiger partial charge in [-0.1, -0.05) is 0 Å². The zero-order chi connectivity index (χ0) is 11.1. The quantitative estimate of drug-likeness (QED) is 0.696. The van der Waals surface area contributed by atoms with Crippen LogP contribution in [-0.2, 0) is 9.59 Å². The molecule has 0 unspecified atom stereocenters. The van der Waals surface area contributed by atoms with Crippen LogP contribution in [0.25, 0.3) is 0 Å². The third kappa shape index (κ3) is 1.72. The molecule has 2 aliphatic rings. The zero-order valence-corrected chi connectivity index (χ0v) is 9.13. The maximum Gasteiger partial charge on any atom is 0.327 e. The monoisotopic (exact) mass is 230 g/mol. The molecule has 1 aliphatic carbocycles. The lowest BCUT2D eigenvalue weighted by molar-refractivity contribution is -0.149. The molecular weight excluding hydrogens is 216 g/mol. The highest BCUT2D eigenvalue weighted by molar-refractivity contribution is 7.99. The highest BCUT2D eigenvalue weighted by atomic mass is 32.2. The number of carbonyl (C=O) groups excluding carboxylic acids is 1. The van der Waals surface area contributed by atoms with E-state index in [-0.39, 0.29) is 5.91 Å². The highest BCUT2D eigenvalue weighted by Crippen LogP contribution is 2.47. The van der Waals surface area contributed by atoms with Crippen molar-refractivity contribution in [2.24, 2.45) is 11.1 Å². The molecule has 2 fully saturated rings. The number of amides is 1. The predicted octanol–water partition coefficient (Wildman–Crippen LogP) is -0.289. The first kappa shape index (κ1) is 10.8. The third-order valence-corrected chi connectivity index (χ3v) is 4.14. The van der Waals surface area contributed by atoms with Gasteiger partial charge in [-0.25, -0.2) is 4.79 Å². The van der Waals surface area contributed by atoms with Crippen LogP contribution >= 0.6 is 11.8 Å². The maximum atomic E-state index is 12.0. The van der Waals surface area contributed by atoms with Crippen LogP contribution in [-0.4, -0.2) is 46.1 Å². The second-order valence-electron chi connectivity index (χ2n) is 4.11. The van der Waals surface area contributed by atoms with E-state index >= 15 is 0 Å². The van der Waals surface area contributed by atoms with Crippen molar-refractivity contribution >= 4 is 23.6 Å². The first-order valence-electron chi connectivity index (χ1n) is 4.92. The van der Waals surface area contributed by atoms with E-state index in [1.165, 1.54) is 16.7 Å². The number of hydrogen-bond acceptors (Lipinski definition) is 4. The smallest absolute Gasteiger partial charge is 0.327 e. The van der Waals surface area contributed by atoms with Gasteiger partial charge in [-0.05, 0) is 12.8 Å². The Bertz CT molecular complexity index is 304. The predicted molar refractivity (Wildman–Crippen MR) is 56.3 cm³/mol. The van der Waals surface area contributed by atoms with Gasteiger partial charge in [-0.2, -0.15) is 0 Å². The molecule has 6 heteroatoms. The topological polar surface area (TPSA) is 83.6 Å². The number of carbonyl (C=O) groups is 2. The fourth-order valence-electron chi connectivity index (χ4n) is 1.81. The van der Waals surface area contributed by atoms with E-state index in [4.69, 9.17) is 10.8 Å². The van der Waals surface area contributed by atoms with E-state index in [9.17, 15) is 9.59 Å². The number of rotatable bonds is 3. The summed E-state index contributed by atoms with van der Waals surface area (Å²) in [7, 11) is 0. The average molecular weight is 230 g/mol. The molecule has 15 heavy (non-hydrogen) atoms. The number of nitrogens with two attached hydrogens (primary N) is 1. The summed E-state index contributed by atoms with van der Waals surface area (Å²) in [5, 5.41) is 8.95. The van der Waals surface area contributed by atoms with Gasteiger partial charge < -0.3 is 15.7 Å². The van der Waals surface area contributed by atoms with Crippen LogP contribution in [0.2, 0.25) is 0 Å². The van der Waals surface area contributed by atoms with Crippen molar-refractivity contribution < 1.29 is 14.7 Å². The molecule has 5 nitrogen and oxygen atoms in total. The lowest BCUT2D eigenvalue weighted by Crippen LogP contribution is -2.47. The summed E-state index contributed by atoms with van der Waals surface area (Å²) in [6, 6.07) is -0.661. The summed E-state index contributed by atoms with van der Waals surface area (Å²) >= 11 is 1.48. The molecule has 2 rings (SSSR count). The normalized spacial score (nSPS) is 27.8. The minimum absolute atomic E-state index is 0.0672. The van der Waals surface area contributed by atoms with E-state index < -0.39 is 17.4 Å². The van der Waals surface area contributed by atoms with Crippen molar-refractivity contribution in [1.29, 1.82) is 0 Å². The van der Waals surface area contributed by atoms with Crippen molar-refractivity contribution in [2.75, 3.05) is 18.2 Å². The summed E-state index contributed by atoms with van der Waals surface area (Å²) in [6.45, 7) is 0.333. The Labute approximate surface area is 92.0 Å². The Morgan fingerprint density at radius 3 is 2.67 bits per heavy atom. The molecule has 0 spiro atoms. The number of thioether (sulfide) groups is 1. The summed E-state index contributed by atoms with van der Waals surface area (Å²) in [6.07, 6.45) is 1.60. The first-order valence-corrected chi connectivity index (χ1v) is 6.08. The Balaban J connectivity index is 2.10. The van der Waals surface area contributed by atoms with Crippen LogP contribution in [0.1, 0.15) is 12.8 Å². The molecule has 0 aromatic heterocycles. The number of carboxylic acid groups (broad SMARTS) is 1. The van der Waals surface area contributed by atoms with Crippen LogP contribution < -0.4 is 5.73 Å². The average Bonchev–Trinajstić information content (AvgIpc) is 2.86. The molecule has 0 aromatic rings. The number of hydrogen-bond donors (Lipinski definition) is 2. The Morgan fingerprint density at radius 1 is 1.53 bits per heavy atom. The lowest BCUT2D eigenvalue weighted by Gasteiger charge is -2.24. The van der Waals surface area contributed by atoms with Gasteiger partial charge in [-0.15, -0.1) is 11.8 Å². The number of aliphatic carboxylic acids is 1. The van der Waals surface area contributed by atoms with Gasteiger partial charge >= 0.3 is 5.97 Å². The summed E-state index contributed by atoms with van der Waals surface area (Å²) in [5.41, 5.74) is 5.13. The largest absolute Gasteiger partial charge is 0.480 e. The second kappa shape index (κ2) is 3.68. The maximum absolute atomic E-state index is 12.0. The molecular formula is C9H14N2O3S. The van der Waals surface area contributed by atoms with Crippen molar-refractivity contribution in [2.45, 2.75) is 18.9 Å². The molecule has 0 bridgehead atoms. The Kier molecular flexibility index (Phi) is 2.64. The van der Waals surface area contributed by atoms with Crippen LogP contribution in [0.15, 0.2) is 0 Å². The van der Waals surface area contributed by atoms with Gasteiger partial charge in [0.2, 0.25) is 5.91 Å². The minimum atomic E-state index is -0.916. The van der Waals surface area contributed by atoms with Crippen LogP contribution in [0.5, 0.6) is 0 Å². The van der Waals surface area contributed by atoms with E-state index in [2.05, 4.69) is 0 Å². The van der Waals surface area contributed by atoms with E-state index in [0.717, 1.165) is 12.8 Å². The number of nitrogens with zero attached hydrogens (tertiary/aromatic N) is 1. The Hall–Kier alpha value is -0.750. The standard InChI is InChI=1S/C9H14N2O3S/c10-4-9(1-2-9)8(14)11-5-15-3-6(11)7(12)13/h6H,1-5,10H2,(H,12,13)/t6-/m0/s1. The van der Waals surface area contributed by atoms with Gasteiger partial charge in [0.05, 0.1) is 11.3 Å². The number of carboxylic acids is 1. The van der Waals surface area contributed by atoms with Crippen LogP contribution in [0.3, 0.4) is 0 Å².